The number of H-pyrrole nitrogens is 1. The lowest BCUT2D eigenvalue weighted by molar-refractivity contribution is 0.306. The molecule has 2 rings (SSSR count). The second-order valence-corrected chi connectivity index (χ2v) is 4.13. The van der Waals surface area contributed by atoms with Crippen molar-refractivity contribution in [1.82, 2.24) is 4.98 Å². The first kappa shape index (κ1) is 15.3. The Morgan fingerprint density at radius 1 is 1.11 bits per heavy atom. The number of ether oxygens (including phenoxy) is 1. The first-order chi connectivity index (χ1) is 9.29. The van der Waals surface area contributed by atoms with Gasteiger partial charge in [0.1, 0.15) is 5.75 Å². The fourth-order valence-corrected chi connectivity index (χ4v) is 1.76. The van der Waals surface area contributed by atoms with Crippen molar-refractivity contribution in [3.63, 3.8) is 0 Å². The molecule has 1 aromatic heterocycles. The van der Waals surface area contributed by atoms with Gasteiger partial charge in [-0.2, -0.15) is 0 Å². The maximum atomic E-state index is 11.2. The molecular weight excluding hydrogens is 238 g/mol. The Bertz CT molecular complexity index is 546. The van der Waals surface area contributed by atoms with Crippen LogP contribution in [0.4, 0.5) is 0 Å². The second-order valence-electron chi connectivity index (χ2n) is 4.13. The van der Waals surface area contributed by atoms with Crippen molar-refractivity contribution in [2.24, 2.45) is 0 Å². The van der Waals surface area contributed by atoms with E-state index in [0.29, 0.717) is 0 Å². The lowest BCUT2D eigenvalue weighted by atomic mass is 10.2. The molecule has 0 atom stereocenters. The molecule has 1 heterocycles. The Morgan fingerprint density at radius 3 is 2.58 bits per heavy atom. The van der Waals surface area contributed by atoms with E-state index in [4.69, 9.17) is 4.74 Å². The molecule has 0 saturated heterocycles. The molecule has 3 nitrogen and oxygen atoms in total. The summed E-state index contributed by atoms with van der Waals surface area (Å²) in [7, 11) is 0. The van der Waals surface area contributed by atoms with Gasteiger partial charge in [-0.25, -0.2) is 0 Å². The highest BCUT2D eigenvalue weighted by atomic mass is 16.5. The van der Waals surface area contributed by atoms with Crippen LogP contribution < -0.4 is 10.3 Å². The number of aromatic amines is 1. The smallest absolute Gasteiger partial charge is 0.248 e. The van der Waals surface area contributed by atoms with Gasteiger partial charge in [0.2, 0.25) is 5.56 Å². The van der Waals surface area contributed by atoms with Crippen molar-refractivity contribution in [2.45, 2.75) is 40.0 Å². The first-order valence-electron chi connectivity index (χ1n) is 7.05. The molecule has 1 N–H and O–H groups in total. The standard InChI is InChI=1S/C14H17NO2.C2H6/c1-2-3-4-9-17-12-7-5-11-6-8-14(16)15-13(11)10-12;1-2/h5-8,10H,2-4,9H2,1H3,(H,15,16);1-2H3. The second kappa shape index (κ2) is 8.35. The van der Waals surface area contributed by atoms with Crippen LogP contribution in [-0.2, 0) is 0 Å². The topological polar surface area (TPSA) is 42.1 Å². The lowest BCUT2D eigenvalue weighted by Gasteiger charge is -2.06. The number of pyridine rings is 1. The van der Waals surface area contributed by atoms with Crippen molar-refractivity contribution in [2.75, 3.05) is 6.61 Å². The van der Waals surface area contributed by atoms with Gasteiger partial charge in [-0.05, 0) is 30.0 Å². The highest BCUT2D eigenvalue weighted by molar-refractivity contribution is 5.79. The number of benzene rings is 1. The molecule has 19 heavy (non-hydrogen) atoms. The van der Waals surface area contributed by atoms with E-state index in [0.717, 1.165) is 29.7 Å². The maximum Gasteiger partial charge on any atom is 0.248 e. The van der Waals surface area contributed by atoms with Crippen LogP contribution in [0.5, 0.6) is 5.75 Å². The van der Waals surface area contributed by atoms with Gasteiger partial charge in [-0.15, -0.1) is 0 Å². The third-order valence-corrected chi connectivity index (χ3v) is 2.71. The van der Waals surface area contributed by atoms with Crippen molar-refractivity contribution >= 4 is 10.9 Å². The van der Waals surface area contributed by atoms with Gasteiger partial charge in [0.05, 0.1) is 12.1 Å². The molecule has 0 fully saturated rings. The van der Waals surface area contributed by atoms with E-state index in [-0.39, 0.29) is 5.56 Å². The summed E-state index contributed by atoms with van der Waals surface area (Å²) in [5.41, 5.74) is 0.742. The van der Waals surface area contributed by atoms with E-state index >= 15 is 0 Å². The fraction of sp³-hybridized carbons (Fsp3) is 0.438. The van der Waals surface area contributed by atoms with Crippen LogP contribution in [0.3, 0.4) is 0 Å². The van der Waals surface area contributed by atoms with Crippen LogP contribution >= 0.6 is 0 Å². The summed E-state index contributed by atoms with van der Waals surface area (Å²) in [4.78, 5) is 14.0. The Balaban J connectivity index is 0.000000861. The molecule has 0 unspecified atom stereocenters. The number of unbranched alkanes of at least 4 members (excludes halogenated alkanes) is 2. The molecule has 1 aromatic carbocycles. The normalized spacial score (nSPS) is 9.84. The number of hydrogen-bond acceptors (Lipinski definition) is 2. The minimum atomic E-state index is -0.0827. The van der Waals surface area contributed by atoms with Crippen molar-refractivity contribution in [3.8, 4) is 5.75 Å². The van der Waals surface area contributed by atoms with E-state index in [1.807, 2.05) is 38.1 Å². The number of rotatable bonds is 5. The number of hydrogen-bond donors (Lipinski definition) is 1. The average molecular weight is 261 g/mol. The van der Waals surface area contributed by atoms with Crippen LogP contribution in [-0.4, -0.2) is 11.6 Å². The van der Waals surface area contributed by atoms with Gasteiger partial charge in [0, 0.05) is 12.1 Å². The SMILES string of the molecule is CC.CCCCCOc1ccc2ccc(=O)[nH]c2c1. The Kier molecular flexibility index (Phi) is 6.72. The van der Waals surface area contributed by atoms with E-state index < -0.39 is 0 Å². The van der Waals surface area contributed by atoms with Crippen LogP contribution in [0.2, 0.25) is 0 Å². The molecule has 104 valence electrons. The zero-order valence-corrected chi connectivity index (χ0v) is 12.0. The van der Waals surface area contributed by atoms with E-state index in [1.54, 1.807) is 0 Å². The van der Waals surface area contributed by atoms with E-state index in [9.17, 15) is 4.79 Å². The van der Waals surface area contributed by atoms with Crippen molar-refractivity contribution in [1.29, 1.82) is 0 Å². The van der Waals surface area contributed by atoms with Crippen LogP contribution in [0.1, 0.15) is 40.0 Å². The molecule has 0 saturated carbocycles. The highest BCUT2D eigenvalue weighted by Gasteiger charge is 1.98. The van der Waals surface area contributed by atoms with Crippen LogP contribution in [0.15, 0.2) is 35.1 Å². The Labute approximate surface area is 114 Å². The predicted molar refractivity (Wildman–Crippen MR) is 80.9 cm³/mol. The van der Waals surface area contributed by atoms with Crippen LogP contribution in [0, 0.1) is 0 Å². The first-order valence-corrected chi connectivity index (χ1v) is 7.05. The molecule has 0 aliphatic carbocycles. The van der Waals surface area contributed by atoms with Crippen molar-refractivity contribution in [3.05, 3.63) is 40.7 Å². The fourth-order valence-electron chi connectivity index (χ4n) is 1.76. The number of nitrogens with one attached hydrogen (secondary N) is 1. The molecule has 0 radical (unpaired) electrons. The molecular formula is C16H23NO2. The van der Waals surface area contributed by atoms with Gasteiger partial charge in [-0.1, -0.05) is 33.6 Å². The van der Waals surface area contributed by atoms with Crippen molar-refractivity contribution < 1.29 is 4.74 Å². The Hall–Kier alpha value is -1.77. The summed E-state index contributed by atoms with van der Waals surface area (Å²) in [6, 6.07) is 9.12. The summed E-state index contributed by atoms with van der Waals surface area (Å²) in [5.74, 6) is 0.815. The predicted octanol–water partition coefficient (Wildman–Crippen LogP) is 4.12. The van der Waals surface area contributed by atoms with Gasteiger partial charge in [0.25, 0.3) is 0 Å². The molecule has 0 bridgehead atoms. The summed E-state index contributed by atoms with van der Waals surface area (Å²) >= 11 is 0. The average Bonchev–Trinajstić information content (AvgIpc) is 2.45. The van der Waals surface area contributed by atoms with E-state index in [2.05, 4.69) is 11.9 Å². The van der Waals surface area contributed by atoms with Gasteiger partial charge < -0.3 is 9.72 Å². The van der Waals surface area contributed by atoms with Crippen LogP contribution in [0.25, 0.3) is 10.9 Å². The Morgan fingerprint density at radius 2 is 1.84 bits per heavy atom. The molecule has 2 aromatic rings. The lowest BCUT2D eigenvalue weighted by Crippen LogP contribution is -2.03. The minimum Gasteiger partial charge on any atom is -0.494 e. The molecule has 0 spiro atoms. The summed E-state index contributed by atoms with van der Waals surface area (Å²) in [6.07, 6.45) is 3.44. The summed E-state index contributed by atoms with van der Waals surface area (Å²) in [6.45, 7) is 6.90. The zero-order valence-electron chi connectivity index (χ0n) is 12.0. The third kappa shape index (κ3) is 4.78. The minimum absolute atomic E-state index is 0.0827. The van der Waals surface area contributed by atoms with Gasteiger partial charge in [0.15, 0.2) is 0 Å². The largest absolute Gasteiger partial charge is 0.494 e. The number of fused-ring (bicyclic) bond motifs is 1. The van der Waals surface area contributed by atoms with Gasteiger partial charge in [-0.3, -0.25) is 4.79 Å². The maximum absolute atomic E-state index is 11.2. The molecule has 3 heteroatoms. The van der Waals surface area contributed by atoms with E-state index in [1.165, 1.54) is 18.9 Å². The molecule has 0 aliphatic rings. The molecule has 0 amide bonds. The van der Waals surface area contributed by atoms with Gasteiger partial charge >= 0.3 is 0 Å². The molecule has 0 aliphatic heterocycles. The number of aromatic nitrogens is 1. The highest BCUT2D eigenvalue weighted by Crippen LogP contribution is 2.18. The zero-order chi connectivity index (χ0) is 14.1. The quantitative estimate of drug-likeness (QED) is 0.822. The summed E-state index contributed by atoms with van der Waals surface area (Å²) in [5, 5.41) is 1.02. The summed E-state index contributed by atoms with van der Waals surface area (Å²) < 4.78 is 5.63. The monoisotopic (exact) mass is 261 g/mol. The third-order valence-electron chi connectivity index (χ3n) is 2.71.